The number of rotatable bonds is 13. The molecule has 41 heavy (non-hydrogen) atoms. The van der Waals surface area contributed by atoms with Crippen molar-refractivity contribution in [1.29, 1.82) is 0 Å². The molecule has 2 aromatic carbocycles. The summed E-state index contributed by atoms with van der Waals surface area (Å²) in [5.41, 5.74) is 1.05. The maximum Gasteiger partial charge on any atom is 0.408 e. The highest BCUT2D eigenvalue weighted by Crippen LogP contribution is 2.34. The summed E-state index contributed by atoms with van der Waals surface area (Å²) in [5, 5.41) is 16.7. The molecule has 2 aromatic rings. The highest BCUT2D eigenvalue weighted by Gasteiger charge is 2.40. The van der Waals surface area contributed by atoms with Crippen LogP contribution in [0.15, 0.2) is 48.5 Å². The average Bonchev–Trinajstić information content (AvgIpc) is 2.88. The maximum absolute atomic E-state index is 14.5. The van der Waals surface area contributed by atoms with E-state index in [0.29, 0.717) is 35.8 Å². The standard InChI is InChI=1S/C32H47N3O5S/c1-21(2)17-18-23(4)35(30(38)26(19-20-41-8)34-31(39)40-32(5,6)7)28(24-14-10-12-16-27(24)36)29(37)33-25-15-11-9-13-22(25)3/h9-16,21,23,26,28,36H,17-20H2,1-8H3,(H,33,37)(H,34,39). The summed E-state index contributed by atoms with van der Waals surface area (Å²) in [5.74, 6) is 0.0377. The molecule has 0 aliphatic rings. The van der Waals surface area contributed by atoms with Gasteiger partial charge in [0.1, 0.15) is 23.4 Å². The lowest BCUT2D eigenvalue weighted by atomic mass is 9.96. The minimum Gasteiger partial charge on any atom is -0.508 e. The molecule has 0 fully saturated rings. The molecule has 0 bridgehead atoms. The number of carbonyl (C=O) groups is 3. The number of carbonyl (C=O) groups excluding carboxylic acids is 3. The van der Waals surface area contributed by atoms with Gasteiger partial charge in [-0.15, -0.1) is 0 Å². The number of nitrogens with one attached hydrogen (secondary N) is 2. The van der Waals surface area contributed by atoms with Crippen molar-refractivity contribution in [2.24, 2.45) is 5.92 Å². The molecule has 8 nitrogen and oxygen atoms in total. The molecule has 3 N–H and O–H groups in total. The quantitative estimate of drug-likeness (QED) is 0.242. The number of ether oxygens (including phenoxy) is 1. The Kier molecular flexibility index (Phi) is 13.0. The fourth-order valence-electron chi connectivity index (χ4n) is 4.49. The van der Waals surface area contributed by atoms with Gasteiger partial charge in [0, 0.05) is 17.3 Å². The fourth-order valence-corrected chi connectivity index (χ4v) is 4.96. The van der Waals surface area contributed by atoms with Crippen molar-refractivity contribution in [3.05, 3.63) is 59.7 Å². The van der Waals surface area contributed by atoms with Crippen LogP contribution in [0, 0.1) is 12.8 Å². The third kappa shape index (κ3) is 10.6. The molecular weight excluding hydrogens is 538 g/mol. The molecule has 0 heterocycles. The Balaban J connectivity index is 2.63. The smallest absolute Gasteiger partial charge is 0.408 e. The van der Waals surface area contributed by atoms with E-state index in [0.717, 1.165) is 12.0 Å². The van der Waals surface area contributed by atoms with E-state index in [-0.39, 0.29) is 11.8 Å². The lowest BCUT2D eigenvalue weighted by molar-refractivity contribution is -0.143. The topological polar surface area (TPSA) is 108 Å². The van der Waals surface area contributed by atoms with Crippen LogP contribution in [0.5, 0.6) is 5.75 Å². The molecular formula is C32H47N3O5S. The van der Waals surface area contributed by atoms with Gasteiger partial charge in [0.05, 0.1) is 0 Å². The third-order valence-corrected chi connectivity index (χ3v) is 7.30. The van der Waals surface area contributed by atoms with E-state index >= 15 is 0 Å². The third-order valence-electron chi connectivity index (χ3n) is 6.65. The number of phenols is 1. The first-order chi connectivity index (χ1) is 19.2. The predicted molar refractivity (Wildman–Crippen MR) is 167 cm³/mol. The van der Waals surface area contributed by atoms with Gasteiger partial charge in [0.15, 0.2) is 0 Å². The molecule has 226 valence electrons. The van der Waals surface area contributed by atoms with Crippen molar-refractivity contribution in [3.8, 4) is 5.75 Å². The van der Waals surface area contributed by atoms with Crippen molar-refractivity contribution in [3.63, 3.8) is 0 Å². The number of benzene rings is 2. The summed E-state index contributed by atoms with van der Waals surface area (Å²) in [6.07, 6.45) is 3.03. The van der Waals surface area contributed by atoms with Crippen molar-refractivity contribution in [2.75, 3.05) is 17.3 Å². The molecule has 0 saturated heterocycles. The second-order valence-corrected chi connectivity index (χ2v) is 12.8. The molecule has 3 unspecified atom stereocenters. The number of aromatic hydroxyl groups is 1. The van der Waals surface area contributed by atoms with Gasteiger partial charge in [-0.05, 0) is 89.5 Å². The molecule has 0 aliphatic heterocycles. The summed E-state index contributed by atoms with van der Waals surface area (Å²) >= 11 is 1.56. The first kappa shape index (κ1) is 34.0. The summed E-state index contributed by atoms with van der Waals surface area (Å²) < 4.78 is 5.47. The van der Waals surface area contributed by atoms with Crippen LogP contribution >= 0.6 is 11.8 Å². The Labute approximate surface area is 249 Å². The monoisotopic (exact) mass is 585 g/mol. The molecule has 0 spiro atoms. The number of para-hydroxylation sites is 2. The van der Waals surface area contributed by atoms with Crippen LogP contribution < -0.4 is 10.6 Å². The number of amides is 3. The van der Waals surface area contributed by atoms with E-state index < -0.39 is 35.6 Å². The van der Waals surface area contributed by atoms with E-state index in [2.05, 4.69) is 24.5 Å². The minimum atomic E-state index is -1.15. The predicted octanol–water partition coefficient (Wildman–Crippen LogP) is 6.68. The zero-order valence-electron chi connectivity index (χ0n) is 25.7. The van der Waals surface area contributed by atoms with Crippen LogP contribution in [-0.4, -0.2) is 57.6 Å². The molecule has 0 aromatic heterocycles. The van der Waals surface area contributed by atoms with E-state index in [9.17, 15) is 19.5 Å². The van der Waals surface area contributed by atoms with Crippen LogP contribution in [0.4, 0.5) is 10.5 Å². The second-order valence-electron chi connectivity index (χ2n) is 11.8. The molecule has 0 aliphatic carbocycles. The molecule has 0 radical (unpaired) electrons. The van der Waals surface area contributed by atoms with Crippen molar-refractivity contribution < 1.29 is 24.2 Å². The van der Waals surface area contributed by atoms with E-state index in [1.54, 1.807) is 56.8 Å². The molecule has 0 saturated carbocycles. The van der Waals surface area contributed by atoms with Gasteiger partial charge in [-0.2, -0.15) is 11.8 Å². The summed E-state index contributed by atoms with van der Waals surface area (Å²) in [6, 6.07) is 11.5. The zero-order chi connectivity index (χ0) is 30.7. The Morgan fingerprint density at radius 3 is 2.20 bits per heavy atom. The highest BCUT2D eigenvalue weighted by molar-refractivity contribution is 7.98. The number of anilines is 1. The van der Waals surface area contributed by atoms with E-state index in [1.165, 1.54) is 11.0 Å². The van der Waals surface area contributed by atoms with Crippen molar-refractivity contribution in [2.45, 2.75) is 91.5 Å². The van der Waals surface area contributed by atoms with Gasteiger partial charge in [-0.3, -0.25) is 9.59 Å². The highest BCUT2D eigenvalue weighted by atomic mass is 32.2. The number of thioether (sulfide) groups is 1. The number of alkyl carbamates (subject to hydrolysis) is 1. The Morgan fingerprint density at radius 1 is 0.976 bits per heavy atom. The van der Waals surface area contributed by atoms with Gasteiger partial charge in [-0.25, -0.2) is 4.79 Å². The second kappa shape index (κ2) is 15.7. The molecule has 9 heteroatoms. The lowest BCUT2D eigenvalue weighted by Gasteiger charge is -2.39. The van der Waals surface area contributed by atoms with Gasteiger partial charge < -0.3 is 25.4 Å². The van der Waals surface area contributed by atoms with Gasteiger partial charge in [0.25, 0.3) is 5.91 Å². The average molecular weight is 586 g/mol. The Morgan fingerprint density at radius 2 is 1.61 bits per heavy atom. The van der Waals surface area contributed by atoms with Crippen LogP contribution in [0.1, 0.15) is 78.0 Å². The van der Waals surface area contributed by atoms with E-state index in [1.807, 2.05) is 38.3 Å². The number of hydrogen-bond donors (Lipinski definition) is 3. The minimum absolute atomic E-state index is 0.0907. The maximum atomic E-state index is 14.5. The Hall–Kier alpha value is -3.20. The van der Waals surface area contributed by atoms with Crippen LogP contribution in [-0.2, 0) is 14.3 Å². The largest absolute Gasteiger partial charge is 0.508 e. The first-order valence-corrected chi connectivity index (χ1v) is 15.6. The Bertz CT molecular complexity index is 1160. The van der Waals surface area contributed by atoms with Gasteiger partial charge in [0.2, 0.25) is 5.91 Å². The van der Waals surface area contributed by atoms with Gasteiger partial charge >= 0.3 is 6.09 Å². The van der Waals surface area contributed by atoms with Crippen LogP contribution in [0.3, 0.4) is 0 Å². The summed E-state index contributed by atoms with van der Waals surface area (Å²) in [6.45, 7) is 13.3. The lowest BCUT2D eigenvalue weighted by Crippen LogP contribution is -2.55. The summed E-state index contributed by atoms with van der Waals surface area (Å²) in [4.78, 5) is 42.9. The van der Waals surface area contributed by atoms with Crippen LogP contribution in [0.2, 0.25) is 0 Å². The normalized spacial score (nSPS) is 13.7. The number of aryl methyl sites for hydroxylation is 1. The molecule has 3 atom stereocenters. The van der Waals surface area contributed by atoms with Crippen LogP contribution in [0.25, 0.3) is 0 Å². The van der Waals surface area contributed by atoms with Crippen molar-refractivity contribution >= 4 is 35.4 Å². The number of hydrogen-bond acceptors (Lipinski definition) is 6. The fraction of sp³-hybridized carbons (Fsp3) is 0.531. The zero-order valence-corrected chi connectivity index (χ0v) is 26.5. The first-order valence-electron chi connectivity index (χ1n) is 14.2. The molecule has 3 amide bonds. The number of phenolic OH excluding ortho intramolecular Hbond substituents is 1. The molecule has 2 rings (SSSR count). The number of nitrogens with zero attached hydrogens (tertiary/aromatic N) is 1. The van der Waals surface area contributed by atoms with Gasteiger partial charge in [-0.1, -0.05) is 50.2 Å². The summed E-state index contributed by atoms with van der Waals surface area (Å²) in [7, 11) is 0. The van der Waals surface area contributed by atoms with Crippen molar-refractivity contribution in [1.82, 2.24) is 10.2 Å². The van der Waals surface area contributed by atoms with E-state index in [4.69, 9.17) is 4.74 Å². The SMILES string of the molecule is CSCCC(NC(=O)OC(C)(C)C)C(=O)N(C(C)CCC(C)C)C(C(=O)Nc1ccccc1C)c1ccccc1O.